The highest BCUT2D eigenvalue weighted by Crippen LogP contribution is 2.13. The molecule has 0 aliphatic heterocycles. The highest BCUT2D eigenvalue weighted by molar-refractivity contribution is 5.79. The molecule has 1 heterocycles. The van der Waals surface area contributed by atoms with E-state index in [1.165, 1.54) is 11.1 Å². The molecular weight excluding hydrogens is 368 g/mol. The molecule has 29 heavy (non-hydrogen) atoms. The predicted molar refractivity (Wildman–Crippen MR) is 116 cm³/mol. The fourth-order valence-electron chi connectivity index (χ4n) is 2.92. The van der Waals surface area contributed by atoms with E-state index in [0.717, 1.165) is 44.3 Å². The molecule has 2 N–H and O–H groups in total. The average molecular weight is 403 g/mol. The van der Waals surface area contributed by atoms with Crippen molar-refractivity contribution in [2.24, 2.45) is 4.99 Å². The van der Waals surface area contributed by atoms with Crippen LogP contribution in [0.3, 0.4) is 0 Å². The molecule has 0 unspecified atom stereocenters. The number of benzene rings is 1. The van der Waals surface area contributed by atoms with Gasteiger partial charge in [0.15, 0.2) is 5.96 Å². The quantitative estimate of drug-likeness (QED) is 0.305. The lowest BCUT2D eigenvalue weighted by Crippen LogP contribution is -2.37. The Bertz CT molecular complexity index is 704. The number of hydrogen-bond acceptors (Lipinski definition) is 5. The van der Waals surface area contributed by atoms with E-state index in [4.69, 9.17) is 13.9 Å². The van der Waals surface area contributed by atoms with E-state index in [2.05, 4.69) is 51.8 Å². The van der Waals surface area contributed by atoms with Gasteiger partial charge in [0.25, 0.3) is 0 Å². The van der Waals surface area contributed by atoms with Crippen molar-refractivity contribution in [3.05, 3.63) is 59.5 Å². The molecule has 0 aliphatic carbocycles. The van der Waals surface area contributed by atoms with Gasteiger partial charge in [-0.2, -0.15) is 0 Å². The molecule has 0 saturated heterocycles. The molecule has 1 aromatic carbocycles. The third kappa shape index (κ3) is 9.13. The van der Waals surface area contributed by atoms with Crippen molar-refractivity contribution in [3.63, 3.8) is 0 Å². The fraction of sp³-hybridized carbons (Fsp3) is 0.500. The van der Waals surface area contributed by atoms with Crippen LogP contribution in [0, 0.1) is 0 Å². The molecule has 160 valence electrons. The second kappa shape index (κ2) is 13.8. The van der Waals surface area contributed by atoms with Gasteiger partial charge in [0.05, 0.1) is 26.0 Å². The van der Waals surface area contributed by atoms with E-state index < -0.39 is 0 Å². The lowest BCUT2D eigenvalue weighted by atomic mass is 10.1. The maximum atomic E-state index is 5.47. The summed E-state index contributed by atoms with van der Waals surface area (Å²) in [6, 6.07) is 12.4. The summed E-state index contributed by atoms with van der Waals surface area (Å²) in [5.41, 5.74) is 2.54. The summed E-state index contributed by atoms with van der Waals surface area (Å²) in [6.45, 7) is 5.13. The third-order valence-corrected chi connectivity index (χ3v) is 4.42. The zero-order valence-corrected chi connectivity index (χ0v) is 17.8. The van der Waals surface area contributed by atoms with Gasteiger partial charge in [-0.1, -0.05) is 24.3 Å². The summed E-state index contributed by atoms with van der Waals surface area (Å²) >= 11 is 0. The van der Waals surface area contributed by atoms with Crippen LogP contribution >= 0.6 is 0 Å². The highest BCUT2D eigenvalue weighted by atomic mass is 16.5. The van der Waals surface area contributed by atoms with Crippen molar-refractivity contribution in [1.82, 2.24) is 15.5 Å². The first-order chi connectivity index (χ1) is 14.2. The van der Waals surface area contributed by atoms with E-state index in [1.54, 1.807) is 20.4 Å². The normalized spacial score (nSPS) is 11.8. The number of hydrogen-bond donors (Lipinski definition) is 2. The van der Waals surface area contributed by atoms with Crippen LogP contribution in [0.1, 0.15) is 23.3 Å². The van der Waals surface area contributed by atoms with E-state index in [9.17, 15) is 0 Å². The maximum Gasteiger partial charge on any atom is 0.191 e. The summed E-state index contributed by atoms with van der Waals surface area (Å²) in [6.07, 6.45) is 2.63. The first-order valence-electron chi connectivity index (χ1n) is 10.0. The van der Waals surface area contributed by atoms with Gasteiger partial charge in [0, 0.05) is 40.4 Å². The Morgan fingerprint density at radius 1 is 1.03 bits per heavy atom. The Hall–Kier alpha value is -2.35. The molecule has 0 bridgehead atoms. The second-order valence-electron chi connectivity index (χ2n) is 6.83. The van der Waals surface area contributed by atoms with Crippen LogP contribution in [-0.2, 0) is 29.1 Å². The molecule has 0 spiro atoms. The predicted octanol–water partition coefficient (Wildman–Crippen LogP) is 2.63. The minimum absolute atomic E-state index is 0.632. The number of nitrogens with zero attached hydrogens (tertiary/aromatic N) is 2. The lowest BCUT2D eigenvalue weighted by molar-refractivity contribution is 0.0698. The van der Waals surface area contributed by atoms with E-state index in [0.29, 0.717) is 19.8 Å². The van der Waals surface area contributed by atoms with Crippen LogP contribution < -0.4 is 10.6 Å². The van der Waals surface area contributed by atoms with Crippen molar-refractivity contribution in [3.8, 4) is 0 Å². The number of rotatable bonds is 13. The second-order valence-corrected chi connectivity index (χ2v) is 6.83. The SMILES string of the molecule is CN=C(NCCCOCCOC)NCc1ccccc1CN(C)Cc1ccco1. The van der Waals surface area contributed by atoms with Gasteiger partial charge in [-0.3, -0.25) is 9.89 Å². The van der Waals surface area contributed by atoms with Crippen molar-refractivity contribution in [1.29, 1.82) is 0 Å². The third-order valence-electron chi connectivity index (χ3n) is 4.42. The summed E-state index contributed by atoms with van der Waals surface area (Å²) in [7, 11) is 5.56. The largest absolute Gasteiger partial charge is 0.468 e. The molecule has 2 rings (SSSR count). The molecule has 0 fully saturated rings. The fourth-order valence-corrected chi connectivity index (χ4v) is 2.92. The molecule has 0 atom stereocenters. The highest BCUT2D eigenvalue weighted by Gasteiger charge is 2.08. The molecule has 1 aromatic heterocycles. The van der Waals surface area contributed by atoms with Gasteiger partial charge < -0.3 is 24.5 Å². The van der Waals surface area contributed by atoms with Crippen molar-refractivity contribution < 1.29 is 13.9 Å². The number of ether oxygens (including phenoxy) is 2. The maximum absolute atomic E-state index is 5.47. The standard InChI is InChI=1S/C22H34N4O3/c1-23-22(24-11-7-12-28-15-14-27-3)25-16-19-8-4-5-9-20(19)17-26(2)18-21-10-6-13-29-21/h4-6,8-10,13H,7,11-12,14-18H2,1-3H3,(H2,23,24,25). The van der Waals surface area contributed by atoms with Crippen LogP contribution in [0.2, 0.25) is 0 Å². The topological polar surface area (TPSA) is 71.3 Å². The summed E-state index contributed by atoms with van der Waals surface area (Å²) < 4.78 is 15.9. The Balaban J connectivity index is 1.75. The van der Waals surface area contributed by atoms with Crippen molar-refractivity contribution in [2.75, 3.05) is 47.6 Å². The smallest absolute Gasteiger partial charge is 0.191 e. The van der Waals surface area contributed by atoms with Crippen molar-refractivity contribution >= 4 is 5.96 Å². The minimum atomic E-state index is 0.632. The molecule has 0 saturated carbocycles. The van der Waals surface area contributed by atoms with Gasteiger partial charge in [0.1, 0.15) is 5.76 Å². The molecule has 0 radical (unpaired) electrons. The van der Waals surface area contributed by atoms with E-state index in [-0.39, 0.29) is 0 Å². The Morgan fingerprint density at radius 2 is 1.86 bits per heavy atom. The van der Waals surface area contributed by atoms with Crippen molar-refractivity contribution in [2.45, 2.75) is 26.1 Å². The van der Waals surface area contributed by atoms with Crippen LogP contribution in [0.25, 0.3) is 0 Å². The van der Waals surface area contributed by atoms with Crippen LogP contribution in [0.4, 0.5) is 0 Å². The monoisotopic (exact) mass is 402 g/mol. The lowest BCUT2D eigenvalue weighted by Gasteiger charge is -2.19. The number of aliphatic imine (C=N–C) groups is 1. The molecule has 7 heteroatoms. The first-order valence-corrected chi connectivity index (χ1v) is 10.0. The summed E-state index contributed by atoms with van der Waals surface area (Å²) in [5, 5.41) is 6.72. The molecule has 2 aromatic rings. The van der Waals surface area contributed by atoms with Gasteiger partial charge in [-0.15, -0.1) is 0 Å². The van der Waals surface area contributed by atoms with Crippen LogP contribution in [0.5, 0.6) is 0 Å². The Labute approximate surface area is 174 Å². The Morgan fingerprint density at radius 3 is 2.59 bits per heavy atom. The van der Waals surface area contributed by atoms with Gasteiger partial charge in [-0.25, -0.2) is 0 Å². The number of methoxy groups -OCH3 is 1. The van der Waals surface area contributed by atoms with Gasteiger partial charge >= 0.3 is 0 Å². The van der Waals surface area contributed by atoms with Gasteiger partial charge in [0.2, 0.25) is 0 Å². The van der Waals surface area contributed by atoms with Gasteiger partial charge in [-0.05, 0) is 36.7 Å². The van der Waals surface area contributed by atoms with Crippen LogP contribution in [-0.4, -0.2) is 58.4 Å². The molecule has 0 aliphatic rings. The van der Waals surface area contributed by atoms with E-state index in [1.807, 2.05) is 12.1 Å². The van der Waals surface area contributed by atoms with E-state index >= 15 is 0 Å². The van der Waals surface area contributed by atoms with Crippen LogP contribution in [0.15, 0.2) is 52.1 Å². The molecule has 0 amide bonds. The number of guanidine groups is 1. The zero-order valence-electron chi connectivity index (χ0n) is 17.8. The molecule has 7 nitrogen and oxygen atoms in total. The zero-order chi connectivity index (χ0) is 20.7. The summed E-state index contributed by atoms with van der Waals surface area (Å²) in [5.74, 6) is 1.76. The minimum Gasteiger partial charge on any atom is -0.468 e. The average Bonchev–Trinajstić information content (AvgIpc) is 3.23. The first kappa shape index (κ1) is 22.9. The number of furan rings is 1. The summed E-state index contributed by atoms with van der Waals surface area (Å²) in [4.78, 5) is 6.55. The Kier molecular flexibility index (Phi) is 10.9. The molecular formula is C22H34N4O3. The number of nitrogens with one attached hydrogen (secondary N) is 2.